The third-order valence-corrected chi connectivity index (χ3v) is 9.22. The van der Waals surface area contributed by atoms with Gasteiger partial charge >= 0.3 is 5.97 Å². The summed E-state index contributed by atoms with van der Waals surface area (Å²) < 4.78 is 43.9. The summed E-state index contributed by atoms with van der Waals surface area (Å²) in [6, 6.07) is 26.3. The predicted octanol–water partition coefficient (Wildman–Crippen LogP) is 3.58. The van der Waals surface area contributed by atoms with E-state index in [9.17, 15) is 26.4 Å². The first-order valence-corrected chi connectivity index (χ1v) is 18.9. The molecule has 0 bridgehead atoms. The summed E-state index contributed by atoms with van der Waals surface area (Å²) in [6.07, 6.45) is 2.96. The van der Waals surface area contributed by atoms with Crippen LogP contribution >= 0.6 is 0 Å². The van der Waals surface area contributed by atoms with Crippen LogP contribution in [0.15, 0.2) is 119 Å². The molecule has 4 aromatic carbocycles. The van der Waals surface area contributed by atoms with Crippen LogP contribution in [0.1, 0.15) is 32.1 Å². The smallest absolute Gasteiger partial charge is 0.358 e. The van der Waals surface area contributed by atoms with Gasteiger partial charge in [0.25, 0.3) is 5.91 Å². The Kier molecular flexibility index (Phi) is 12.9. The van der Waals surface area contributed by atoms with E-state index in [1.165, 1.54) is 60.9 Å². The number of carboxylic acid groups (broad SMARTS) is 1. The molecule has 0 saturated carbocycles. The molecule has 0 aliphatic carbocycles. The van der Waals surface area contributed by atoms with Crippen LogP contribution in [0.5, 0.6) is 0 Å². The Morgan fingerprint density at radius 1 is 0.582 bits per heavy atom. The van der Waals surface area contributed by atoms with Gasteiger partial charge in [0.2, 0.25) is 20.0 Å². The molecule has 12 N–H and O–H groups in total. The number of nitrogens with zero attached hydrogens (tertiary/aromatic N) is 4. The Labute approximate surface area is 316 Å². The SMILES string of the molecule is Cc1ccc(-c2cnc(N)c(C(=O)Nc3ccc(S(N)(=O)=O)cc3)n2)cc1.Cc1ccc(-c2cnc(N)c(C(=O)O)n2)cc1.Nc1ccc(S(N)(=O)=O)cc1. The average molecular weight is 785 g/mol. The lowest BCUT2D eigenvalue weighted by molar-refractivity contribution is 0.0691. The quantitative estimate of drug-likeness (QED) is 0.114. The maximum Gasteiger partial charge on any atom is 0.358 e. The lowest BCUT2D eigenvalue weighted by atomic mass is 10.1. The number of carboxylic acids is 1. The molecule has 0 aliphatic rings. The summed E-state index contributed by atoms with van der Waals surface area (Å²) in [4.78, 5) is 39.6. The highest BCUT2D eigenvalue weighted by Crippen LogP contribution is 2.21. The van der Waals surface area contributed by atoms with Gasteiger partial charge in [0.15, 0.2) is 23.0 Å². The Morgan fingerprint density at radius 2 is 0.964 bits per heavy atom. The zero-order chi connectivity index (χ0) is 40.5. The van der Waals surface area contributed by atoms with Gasteiger partial charge in [-0.1, -0.05) is 59.7 Å². The van der Waals surface area contributed by atoms with Gasteiger partial charge in [0.1, 0.15) is 0 Å². The van der Waals surface area contributed by atoms with Crippen LogP contribution in [0, 0.1) is 13.8 Å². The molecule has 2 heterocycles. The predicted molar refractivity (Wildman–Crippen MR) is 208 cm³/mol. The standard InChI is InChI=1S/C18H17N5O3S.C12H11N3O2.C6H8N2O2S/c1-11-2-4-12(5-3-11)15-10-21-17(19)16(23-15)18(24)22-13-6-8-14(9-7-13)27(20,25)26;1-7-2-4-8(5-3-7)9-6-14-11(13)10(15-9)12(16)17;7-5-1-3-6(4-2-5)11(8,9)10/h2-10H,1H3,(H2,19,21)(H,22,24)(H2,20,25,26);2-6H,1H3,(H2,13,14)(H,16,17);1-4H,7H2,(H2,8,9,10). The highest BCUT2D eigenvalue weighted by atomic mass is 32.2. The fourth-order valence-electron chi connectivity index (χ4n) is 4.42. The van der Waals surface area contributed by atoms with Crippen molar-refractivity contribution in [3.63, 3.8) is 0 Å². The number of hydrogen-bond acceptors (Lipinski definition) is 13. The van der Waals surface area contributed by atoms with Gasteiger partial charge in [0.05, 0.1) is 33.6 Å². The van der Waals surface area contributed by atoms with E-state index in [-0.39, 0.29) is 32.8 Å². The molecule has 0 saturated heterocycles. The number of rotatable bonds is 7. The lowest BCUT2D eigenvalue weighted by Gasteiger charge is -2.09. The number of aryl methyl sites for hydroxylation is 2. The molecular formula is C36H36N10O7S2. The lowest BCUT2D eigenvalue weighted by Crippen LogP contribution is -2.17. The Hall–Kier alpha value is -6.80. The van der Waals surface area contributed by atoms with Crippen molar-refractivity contribution in [2.24, 2.45) is 10.3 Å². The van der Waals surface area contributed by atoms with Crippen molar-refractivity contribution in [2.45, 2.75) is 23.6 Å². The van der Waals surface area contributed by atoms with Crippen LogP contribution in [0.3, 0.4) is 0 Å². The zero-order valence-electron chi connectivity index (χ0n) is 29.3. The molecule has 17 nitrogen and oxygen atoms in total. The molecule has 1 amide bonds. The molecule has 0 radical (unpaired) electrons. The van der Waals surface area contributed by atoms with E-state index in [1.54, 1.807) is 0 Å². The number of anilines is 4. The van der Waals surface area contributed by atoms with Gasteiger partial charge in [-0.25, -0.2) is 51.8 Å². The fraction of sp³-hybridized carbons (Fsp3) is 0.0556. The van der Waals surface area contributed by atoms with E-state index in [0.29, 0.717) is 22.8 Å². The minimum Gasteiger partial charge on any atom is -0.476 e. The fourth-order valence-corrected chi connectivity index (χ4v) is 5.45. The third-order valence-electron chi connectivity index (χ3n) is 7.36. The van der Waals surface area contributed by atoms with E-state index in [2.05, 4.69) is 25.3 Å². The van der Waals surface area contributed by atoms with Crippen LogP contribution in [0.4, 0.5) is 23.0 Å². The van der Waals surface area contributed by atoms with E-state index in [1.807, 2.05) is 62.4 Å². The molecule has 0 spiro atoms. The van der Waals surface area contributed by atoms with Gasteiger partial charge in [0, 0.05) is 22.5 Å². The molecular weight excluding hydrogens is 749 g/mol. The maximum atomic E-state index is 12.5. The monoisotopic (exact) mass is 784 g/mol. The summed E-state index contributed by atoms with van der Waals surface area (Å²) in [7, 11) is -7.38. The number of nitrogen functional groups attached to an aromatic ring is 3. The van der Waals surface area contributed by atoms with E-state index in [0.717, 1.165) is 22.3 Å². The largest absolute Gasteiger partial charge is 0.476 e. The molecule has 0 atom stereocenters. The molecule has 0 aliphatic heterocycles. The Balaban J connectivity index is 0.000000204. The van der Waals surface area contributed by atoms with Crippen molar-refractivity contribution in [1.29, 1.82) is 0 Å². The summed E-state index contributed by atoms with van der Waals surface area (Å²) in [6.45, 7) is 3.94. The first-order chi connectivity index (χ1) is 25.8. The van der Waals surface area contributed by atoms with Crippen molar-refractivity contribution in [1.82, 2.24) is 19.9 Å². The van der Waals surface area contributed by atoms with Crippen molar-refractivity contribution >= 4 is 54.9 Å². The third kappa shape index (κ3) is 11.6. The molecule has 2 aromatic heterocycles. The normalized spacial score (nSPS) is 10.9. The van der Waals surface area contributed by atoms with Gasteiger partial charge in [-0.2, -0.15) is 0 Å². The van der Waals surface area contributed by atoms with Gasteiger partial charge in [-0.05, 0) is 62.4 Å². The number of hydrogen-bond donors (Lipinski definition) is 7. The first-order valence-electron chi connectivity index (χ1n) is 15.8. The minimum absolute atomic E-state index is 0.00971. The number of aromatic nitrogens is 4. The van der Waals surface area contributed by atoms with Crippen molar-refractivity contribution in [3.8, 4) is 22.5 Å². The summed E-state index contributed by atoms with van der Waals surface area (Å²) in [5.41, 5.74) is 22.1. The number of nitrogens with one attached hydrogen (secondary N) is 1. The molecule has 6 aromatic rings. The second kappa shape index (κ2) is 17.4. The first kappa shape index (κ1) is 41.0. The molecule has 55 heavy (non-hydrogen) atoms. The number of carbonyl (C=O) groups excluding carboxylic acids is 1. The van der Waals surface area contributed by atoms with Crippen molar-refractivity contribution in [2.75, 3.05) is 22.5 Å². The van der Waals surface area contributed by atoms with E-state index < -0.39 is 31.9 Å². The summed E-state index contributed by atoms with van der Waals surface area (Å²) in [5, 5.41) is 21.4. The number of benzene rings is 4. The average Bonchev–Trinajstić information content (AvgIpc) is 3.13. The van der Waals surface area contributed by atoms with Crippen LogP contribution in [-0.2, 0) is 20.0 Å². The van der Waals surface area contributed by atoms with Gasteiger partial charge < -0.3 is 27.6 Å². The van der Waals surface area contributed by atoms with Crippen LogP contribution < -0.4 is 32.8 Å². The second-order valence-electron chi connectivity index (χ2n) is 11.7. The Morgan fingerprint density at radius 3 is 1.36 bits per heavy atom. The Bertz CT molecular complexity index is 2540. The summed E-state index contributed by atoms with van der Waals surface area (Å²) >= 11 is 0. The van der Waals surface area contributed by atoms with Crippen molar-refractivity contribution < 1.29 is 31.5 Å². The number of carbonyl (C=O) groups is 2. The molecule has 284 valence electrons. The van der Waals surface area contributed by atoms with Gasteiger partial charge in [-0.3, -0.25) is 4.79 Å². The molecule has 6 rings (SSSR count). The highest BCUT2D eigenvalue weighted by Gasteiger charge is 2.16. The number of amides is 1. The number of aromatic carboxylic acids is 1. The van der Waals surface area contributed by atoms with E-state index >= 15 is 0 Å². The second-order valence-corrected chi connectivity index (χ2v) is 14.8. The topological polar surface area (TPSA) is 316 Å². The van der Waals surface area contributed by atoms with Crippen LogP contribution in [0.25, 0.3) is 22.5 Å². The van der Waals surface area contributed by atoms with E-state index in [4.69, 9.17) is 32.6 Å². The minimum atomic E-state index is -3.80. The molecule has 19 heteroatoms. The van der Waals surface area contributed by atoms with Gasteiger partial charge in [-0.15, -0.1) is 0 Å². The highest BCUT2D eigenvalue weighted by molar-refractivity contribution is 7.89. The van der Waals surface area contributed by atoms with Crippen LogP contribution in [-0.4, -0.2) is 53.8 Å². The number of nitrogens with two attached hydrogens (primary N) is 5. The zero-order valence-corrected chi connectivity index (χ0v) is 30.9. The molecule has 0 fully saturated rings. The maximum absolute atomic E-state index is 12.5. The molecule has 0 unspecified atom stereocenters. The number of sulfonamides is 2. The number of primary sulfonamides is 2. The van der Waals surface area contributed by atoms with Crippen LogP contribution in [0.2, 0.25) is 0 Å². The summed E-state index contributed by atoms with van der Waals surface area (Å²) in [5.74, 6) is -1.82. The van der Waals surface area contributed by atoms with Crippen molar-refractivity contribution in [3.05, 3.63) is 132 Å².